The van der Waals surface area contributed by atoms with Gasteiger partial charge < -0.3 is 19.8 Å². The maximum Gasteiger partial charge on any atom is 0.247 e. The number of amides is 3. The summed E-state index contributed by atoms with van der Waals surface area (Å²) < 4.78 is -1.04. The SMILES string of the molecule is C=CCN(CCC)C(=O)[C@@H]1[C@H]2C(=O)N(CCCO)C(C(=O)N(CC=C)C(C)(C)C)C23CC[C@@]1(C)S3. The zero-order valence-electron chi connectivity index (χ0n) is 22.1. The third-order valence-electron chi connectivity index (χ3n) is 7.88. The molecule has 5 atom stereocenters. The van der Waals surface area contributed by atoms with Gasteiger partial charge in [0.1, 0.15) is 6.04 Å². The molecule has 0 saturated carbocycles. The minimum Gasteiger partial charge on any atom is -0.396 e. The van der Waals surface area contributed by atoms with Crippen molar-refractivity contribution < 1.29 is 19.5 Å². The average molecular weight is 506 g/mol. The fraction of sp³-hybridized carbons (Fsp3) is 0.741. The number of rotatable bonds is 11. The number of nitrogens with zero attached hydrogens (tertiary/aromatic N) is 3. The molecule has 0 aromatic carbocycles. The highest BCUT2D eigenvalue weighted by Gasteiger charge is 2.77. The first-order valence-corrected chi connectivity index (χ1v) is 13.7. The molecule has 0 aromatic rings. The van der Waals surface area contributed by atoms with Crippen LogP contribution in [-0.2, 0) is 14.4 Å². The van der Waals surface area contributed by atoms with Crippen molar-refractivity contribution >= 4 is 29.5 Å². The van der Waals surface area contributed by atoms with Crippen LogP contribution in [-0.4, -0.2) is 91.4 Å². The highest BCUT2D eigenvalue weighted by Crippen LogP contribution is 2.71. The van der Waals surface area contributed by atoms with Gasteiger partial charge in [0.05, 0.1) is 16.6 Å². The van der Waals surface area contributed by atoms with E-state index in [9.17, 15) is 19.5 Å². The highest BCUT2D eigenvalue weighted by molar-refractivity contribution is 8.02. The average Bonchev–Trinajstić information content (AvgIpc) is 3.35. The second kappa shape index (κ2) is 10.3. The number of carbonyl (C=O) groups is 3. The molecule has 3 aliphatic heterocycles. The normalized spacial score (nSPS) is 31.4. The number of hydrogen-bond donors (Lipinski definition) is 1. The zero-order valence-corrected chi connectivity index (χ0v) is 22.9. The molecule has 196 valence electrons. The fourth-order valence-electron chi connectivity index (χ4n) is 6.45. The van der Waals surface area contributed by atoms with Gasteiger partial charge in [-0.2, -0.15) is 0 Å². The second-order valence-electron chi connectivity index (χ2n) is 11.3. The summed E-state index contributed by atoms with van der Waals surface area (Å²) in [5.74, 6) is -1.23. The Labute approximate surface area is 215 Å². The number of likely N-dealkylation sites (tertiary alicyclic amines) is 1. The van der Waals surface area contributed by atoms with Crippen LogP contribution in [0.1, 0.15) is 60.3 Å². The van der Waals surface area contributed by atoms with E-state index >= 15 is 0 Å². The molecular formula is C27H43N3O4S. The summed E-state index contributed by atoms with van der Waals surface area (Å²) in [6.45, 7) is 19.5. The van der Waals surface area contributed by atoms with E-state index in [2.05, 4.69) is 20.1 Å². The predicted molar refractivity (Wildman–Crippen MR) is 141 cm³/mol. The van der Waals surface area contributed by atoms with Crippen molar-refractivity contribution in [3.8, 4) is 0 Å². The number of thioether (sulfide) groups is 1. The van der Waals surface area contributed by atoms with Gasteiger partial charge in [-0.05, 0) is 53.4 Å². The van der Waals surface area contributed by atoms with Crippen molar-refractivity contribution in [2.24, 2.45) is 11.8 Å². The van der Waals surface area contributed by atoms with Gasteiger partial charge in [0.15, 0.2) is 0 Å². The van der Waals surface area contributed by atoms with Gasteiger partial charge in [-0.25, -0.2) is 0 Å². The Hall–Kier alpha value is -1.80. The quantitative estimate of drug-likeness (QED) is 0.437. The van der Waals surface area contributed by atoms with Crippen molar-refractivity contribution in [1.29, 1.82) is 0 Å². The fourth-order valence-corrected chi connectivity index (χ4v) is 8.79. The second-order valence-corrected chi connectivity index (χ2v) is 13.2. The van der Waals surface area contributed by atoms with Crippen LogP contribution in [0.2, 0.25) is 0 Å². The molecule has 2 unspecified atom stereocenters. The summed E-state index contributed by atoms with van der Waals surface area (Å²) >= 11 is 1.69. The Morgan fingerprint density at radius 3 is 2.40 bits per heavy atom. The molecule has 3 aliphatic rings. The summed E-state index contributed by atoms with van der Waals surface area (Å²) in [6.07, 6.45) is 6.19. The summed E-state index contributed by atoms with van der Waals surface area (Å²) in [7, 11) is 0. The molecule has 35 heavy (non-hydrogen) atoms. The molecule has 2 bridgehead atoms. The van der Waals surface area contributed by atoms with E-state index in [0.29, 0.717) is 32.6 Å². The van der Waals surface area contributed by atoms with Gasteiger partial charge in [0, 0.05) is 43.1 Å². The number of carbonyl (C=O) groups excluding carboxylic acids is 3. The zero-order chi connectivity index (χ0) is 26.2. The van der Waals surface area contributed by atoms with Gasteiger partial charge in [-0.1, -0.05) is 19.1 Å². The minimum atomic E-state index is -0.658. The van der Waals surface area contributed by atoms with E-state index in [-0.39, 0.29) is 24.3 Å². The molecule has 3 saturated heterocycles. The van der Waals surface area contributed by atoms with E-state index in [0.717, 1.165) is 19.3 Å². The molecule has 3 fully saturated rings. The Balaban J connectivity index is 2.10. The van der Waals surface area contributed by atoms with Crippen molar-refractivity contribution in [3.63, 3.8) is 0 Å². The van der Waals surface area contributed by atoms with Crippen LogP contribution in [0.3, 0.4) is 0 Å². The summed E-state index contributed by atoms with van der Waals surface area (Å²) in [6, 6.07) is -0.658. The first-order valence-electron chi connectivity index (χ1n) is 12.9. The largest absolute Gasteiger partial charge is 0.396 e. The van der Waals surface area contributed by atoms with E-state index in [1.54, 1.807) is 33.7 Å². The van der Waals surface area contributed by atoms with Crippen LogP contribution in [0, 0.1) is 11.8 Å². The molecule has 1 spiro atoms. The molecular weight excluding hydrogens is 462 g/mol. The molecule has 0 aromatic heterocycles. The lowest BCUT2D eigenvalue weighted by Gasteiger charge is -2.42. The number of aliphatic hydroxyl groups is 1. The molecule has 3 amide bonds. The van der Waals surface area contributed by atoms with Crippen LogP contribution in [0.15, 0.2) is 25.3 Å². The van der Waals surface area contributed by atoms with Gasteiger partial charge in [0.2, 0.25) is 17.7 Å². The molecule has 3 rings (SSSR count). The van der Waals surface area contributed by atoms with Gasteiger partial charge in [0.25, 0.3) is 0 Å². The van der Waals surface area contributed by atoms with E-state index in [1.807, 2.05) is 32.6 Å². The minimum absolute atomic E-state index is 0.00403. The van der Waals surface area contributed by atoms with Gasteiger partial charge in [-0.3, -0.25) is 14.4 Å². The molecule has 7 nitrogen and oxygen atoms in total. The van der Waals surface area contributed by atoms with Crippen molar-refractivity contribution in [1.82, 2.24) is 14.7 Å². The summed E-state index contributed by atoms with van der Waals surface area (Å²) in [5, 5.41) is 9.54. The van der Waals surface area contributed by atoms with Crippen molar-refractivity contribution in [2.45, 2.75) is 81.4 Å². The first kappa shape index (κ1) is 27.8. The van der Waals surface area contributed by atoms with Crippen LogP contribution >= 0.6 is 11.8 Å². The van der Waals surface area contributed by atoms with Crippen molar-refractivity contribution in [3.05, 3.63) is 25.3 Å². The Morgan fingerprint density at radius 1 is 1.20 bits per heavy atom. The highest BCUT2D eigenvalue weighted by atomic mass is 32.2. The van der Waals surface area contributed by atoms with Crippen LogP contribution in [0.4, 0.5) is 0 Å². The van der Waals surface area contributed by atoms with E-state index in [4.69, 9.17) is 0 Å². The monoisotopic (exact) mass is 505 g/mol. The summed E-state index contributed by atoms with van der Waals surface area (Å²) in [4.78, 5) is 47.6. The lowest BCUT2D eigenvalue weighted by Crippen LogP contribution is -2.59. The standard InChI is InChI=1S/C27H43N3O4S/c1-8-14-28(15-9-2)22(32)19-20-23(33)29(17-11-18-31)21(27(20)13-12-26(19,7)35-27)24(34)30(16-10-3)25(4,5)6/h8,10,19-21,31H,1,3,9,11-18H2,2,4-7H3/t19-,20-,21?,26+,27?/m0/s1. The van der Waals surface area contributed by atoms with Crippen LogP contribution in [0.25, 0.3) is 0 Å². The first-order chi connectivity index (χ1) is 16.4. The smallest absolute Gasteiger partial charge is 0.247 e. The summed E-state index contributed by atoms with van der Waals surface area (Å²) in [5.41, 5.74) is -0.450. The lowest BCUT2D eigenvalue weighted by molar-refractivity contribution is -0.146. The predicted octanol–water partition coefficient (Wildman–Crippen LogP) is 3.09. The lowest BCUT2D eigenvalue weighted by atomic mass is 9.66. The van der Waals surface area contributed by atoms with E-state index < -0.39 is 32.9 Å². The maximum absolute atomic E-state index is 14.2. The molecule has 0 aliphatic carbocycles. The number of fused-ring (bicyclic) bond motifs is 1. The third kappa shape index (κ3) is 4.57. The topological polar surface area (TPSA) is 81.2 Å². The third-order valence-corrected chi connectivity index (χ3v) is 9.86. The maximum atomic E-state index is 14.2. The Morgan fingerprint density at radius 2 is 1.86 bits per heavy atom. The molecule has 1 N–H and O–H groups in total. The number of aliphatic hydroxyl groups excluding tert-OH is 1. The van der Waals surface area contributed by atoms with E-state index in [1.165, 1.54) is 0 Å². The molecule has 0 radical (unpaired) electrons. The van der Waals surface area contributed by atoms with Gasteiger partial charge >= 0.3 is 0 Å². The van der Waals surface area contributed by atoms with Crippen molar-refractivity contribution in [2.75, 3.05) is 32.8 Å². The Bertz CT molecular complexity index is 871. The van der Waals surface area contributed by atoms with Crippen LogP contribution < -0.4 is 0 Å². The molecule has 3 heterocycles. The van der Waals surface area contributed by atoms with Gasteiger partial charge in [-0.15, -0.1) is 24.9 Å². The van der Waals surface area contributed by atoms with Crippen LogP contribution in [0.5, 0.6) is 0 Å². The molecule has 8 heteroatoms. The Kier molecular flexibility index (Phi) is 8.17. The number of hydrogen-bond acceptors (Lipinski definition) is 5.